The zero-order chi connectivity index (χ0) is 18.5. The number of halogens is 1. The highest BCUT2D eigenvalue weighted by Gasteiger charge is 2.22. The van der Waals surface area contributed by atoms with Crippen molar-refractivity contribution in [2.75, 3.05) is 18.0 Å². The van der Waals surface area contributed by atoms with E-state index in [0.29, 0.717) is 17.2 Å². The van der Waals surface area contributed by atoms with Crippen LogP contribution < -0.4 is 10.2 Å². The van der Waals surface area contributed by atoms with E-state index in [0.717, 1.165) is 37.9 Å². The van der Waals surface area contributed by atoms with Gasteiger partial charge < -0.3 is 10.2 Å². The van der Waals surface area contributed by atoms with Gasteiger partial charge in [-0.1, -0.05) is 6.92 Å². The van der Waals surface area contributed by atoms with Crippen molar-refractivity contribution in [2.24, 2.45) is 0 Å². The Balaban J connectivity index is 1.97. The number of piperidine rings is 1. The van der Waals surface area contributed by atoms with Crippen molar-refractivity contribution in [2.45, 2.75) is 45.6 Å². The molecule has 1 aromatic carbocycles. The Morgan fingerprint density at radius 3 is 2.58 bits per heavy atom. The average Bonchev–Trinajstić information content (AvgIpc) is 2.68. The number of amides is 1. The van der Waals surface area contributed by atoms with Gasteiger partial charge in [-0.25, -0.2) is 14.4 Å². The first-order chi connectivity index (χ1) is 12.6. The summed E-state index contributed by atoms with van der Waals surface area (Å²) in [5.41, 5.74) is 1.23. The fraction of sp³-hybridized carbons (Fsp3) is 0.450. The molecule has 1 saturated heterocycles. The van der Waals surface area contributed by atoms with E-state index in [1.807, 2.05) is 13.8 Å². The summed E-state index contributed by atoms with van der Waals surface area (Å²) in [5, 5.41) is 3.00. The van der Waals surface area contributed by atoms with Gasteiger partial charge in [0.25, 0.3) is 5.91 Å². The fourth-order valence-electron chi connectivity index (χ4n) is 3.02. The van der Waals surface area contributed by atoms with Gasteiger partial charge in [-0.05, 0) is 56.9 Å². The molecule has 138 valence electrons. The Morgan fingerprint density at radius 2 is 1.92 bits per heavy atom. The van der Waals surface area contributed by atoms with Crippen LogP contribution in [0.2, 0.25) is 0 Å². The summed E-state index contributed by atoms with van der Waals surface area (Å²) in [6.45, 7) is 5.77. The van der Waals surface area contributed by atoms with E-state index in [1.165, 1.54) is 18.6 Å². The number of carbonyl (C=O) groups is 1. The predicted octanol–water partition coefficient (Wildman–Crippen LogP) is 3.80. The van der Waals surface area contributed by atoms with Crippen molar-refractivity contribution in [1.82, 2.24) is 15.3 Å². The van der Waals surface area contributed by atoms with E-state index >= 15 is 0 Å². The second-order valence-electron chi connectivity index (χ2n) is 6.77. The monoisotopic (exact) mass is 356 g/mol. The predicted molar refractivity (Wildman–Crippen MR) is 101 cm³/mol. The molecule has 2 aromatic rings. The smallest absolute Gasteiger partial charge is 0.256 e. The summed E-state index contributed by atoms with van der Waals surface area (Å²) in [6.07, 6.45) is 5.82. The van der Waals surface area contributed by atoms with Gasteiger partial charge in [0.2, 0.25) is 0 Å². The van der Waals surface area contributed by atoms with Crippen LogP contribution in [-0.4, -0.2) is 35.0 Å². The highest BCUT2D eigenvalue weighted by molar-refractivity contribution is 5.99. The van der Waals surface area contributed by atoms with Crippen LogP contribution in [0.5, 0.6) is 0 Å². The Bertz CT molecular complexity index is 757. The molecule has 1 fully saturated rings. The molecule has 1 amide bonds. The quantitative estimate of drug-likeness (QED) is 0.885. The second kappa shape index (κ2) is 8.25. The first-order valence-electron chi connectivity index (χ1n) is 9.27. The highest BCUT2D eigenvalue weighted by atomic mass is 19.1. The number of benzene rings is 1. The molecule has 0 radical (unpaired) electrons. The zero-order valence-electron chi connectivity index (χ0n) is 15.3. The molecule has 0 aliphatic carbocycles. The molecule has 0 unspecified atom stereocenters. The SMILES string of the molecule is CC[C@H](C)NC(=O)c1cnc(-c2ccc(F)cc2)nc1N1CCCCC1. The molecule has 0 bridgehead atoms. The molecular weight excluding hydrogens is 331 g/mol. The number of anilines is 1. The first-order valence-corrected chi connectivity index (χ1v) is 9.27. The van der Waals surface area contributed by atoms with Gasteiger partial charge in [-0.15, -0.1) is 0 Å². The third kappa shape index (κ3) is 4.18. The summed E-state index contributed by atoms with van der Waals surface area (Å²) < 4.78 is 13.2. The van der Waals surface area contributed by atoms with E-state index in [9.17, 15) is 9.18 Å². The van der Waals surface area contributed by atoms with E-state index in [-0.39, 0.29) is 17.8 Å². The summed E-state index contributed by atoms with van der Waals surface area (Å²) in [5.74, 6) is 0.727. The van der Waals surface area contributed by atoms with Gasteiger partial charge in [0.15, 0.2) is 5.82 Å². The summed E-state index contributed by atoms with van der Waals surface area (Å²) >= 11 is 0. The van der Waals surface area contributed by atoms with E-state index in [2.05, 4.69) is 20.2 Å². The van der Waals surface area contributed by atoms with Gasteiger partial charge in [-0.3, -0.25) is 4.79 Å². The van der Waals surface area contributed by atoms with Gasteiger partial charge in [0.1, 0.15) is 17.2 Å². The maximum atomic E-state index is 13.2. The summed E-state index contributed by atoms with van der Waals surface area (Å²) in [6, 6.07) is 6.19. The lowest BCUT2D eigenvalue weighted by Crippen LogP contribution is -2.36. The van der Waals surface area contributed by atoms with E-state index < -0.39 is 0 Å². The molecule has 1 aliphatic heterocycles. The number of aromatic nitrogens is 2. The van der Waals surface area contributed by atoms with Gasteiger partial charge in [-0.2, -0.15) is 0 Å². The minimum Gasteiger partial charge on any atom is -0.356 e. The van der Waals surface area contributed by atoms with Gasteiger partial charge in [0, 0.05) is 30.9 Å². The number of carbonyl (C=O) groups excluding carboxylic acids is 1. The van der Waals surface area contributed by atoms with Crippen molar-refractivity contribution in [3.05, 3.63) is 41.8 Å². The van der Waals surface area contributed by atoms with E-state index in [1.54, 1.807) is 18.3 Å². The van der Waals surface area contributed by atoms with Crippen molar-refractivity contribution in [3.63, 3.8) is 0 Å². The molecule has 26 heavy (non-hydrogen) atoms. The lowest BCUT2D eigenvalue weighted by molar-refractivity contribution is 0.0939. The lowest BCUT2D eigenvalue weighted by Gasteiger charge is -2.29. The van der Waals surface area contributed by atoms with Crippen LogP contribution in [0.4, 0.5) is 10.2 Å². The third-order valence-electron chi connectivity index (χ3n) is 4.76. The number of nitrogens with one attached hydrogen (secondary N) is 1. The lowest BCUT2D eigenvalue weighted by atomic mass is 10.1. The number of nitrogens with zero attached hydrogens (tertiary/aromatic N) is 3. The average molecular weight is 356 g/mol. The molecule has 5 nitrogen and oxygen atoms in total. The second-order valence-corrected chi connectivity index (χ2v) is 6.77. The maximum Gasteiger partial charge on any atom is 0.256 e. The molecular formula is C20H25FN4O. The Kier molecular flexibility index (Phi) is 5.81. The minimum atomic E-state index is -0.297. The molecule has 2 heterocycles. The molecule has 6 heteroatoms. The van der Waals surface area contributed by atoms with Crippen LogP contribution >= 0.6 is 0 Å². The van der Waals surface area contributed by atoms with Crippen LogP contribution in [-0.2, 0) is 0 Å². The third-order valence-corrected chi connectivity index (χ3v) is 4.76. The molecule has 1 N–H and O–H groups in total. The highest BCUT2D eigenvalue weighted by Crippen LogP contribution is 2.25. The first kappa shape index (κ1) is 18.3. The maximum absolute atomic E-state index is 13.2. The Morgan fingerprint density at radius 1 is 1.23 bits per heavy atom. The summed E-state index contributed by atoms with van der Waals surface area (Å²) in [7, 11) is 0. The molecule has 1 aliphatic rings. The van der Waals surface area contributed by atoms with Crippen LogP contribution in [0.15, 0.2) is 30.5 Å². The molecule has 3 rings (SSSR count). The topological polar surface area (TPSA) is 58.1 Å². The number of hydrogen-bond acceptors (Lipinski definition) is 4. The molecule has 0 saturated carbocycles. The van der Waals surface area contributed by atoms with Crippen LogP contribution in [0.25, 0.3) is 11.4 Å². The van der Waals surface area contributed by atoms with Crippen LogP contribution in [0, 0.1) is 5.82 Å². The van der Waals surface area contributed by atoms with Crippen molar-refractivity contribution < 1.29 is 9.18 Å². The van der Waals surface area contributed by atoms with Crippen molar-refractivity contribution in [1.29, 1.82) is 0 Å². The molecule has 1 aromatic heterocycles. The standard InChI is InChI=1S/C20H25FN4O/c1-3-14(2)23-20(26)17-13-22-18(15-7-9-16(21)10-8-15)24-19(17)25-11-5-4-6-12-25/h7-10,13-14H,3-6,11-12H2,1-2H3,(H,23,26)/t14-/m0/s1. The normalized spacial score (nSPS) is 15.6. The molecule has 1 atom stereocenters. The van der Waals surface area contributed by atoms with Crippen molar-refractivity contribution in [3.8, 4) is 11.4 Å². The number of rotatable bonds is 5. The molecule has 0 spiro atoms. The summed E-state index contributed by atoms with van der Waals surface area (Å²) in [4.78, 5) is 23.9. The minimum absolute atomic E-state index is 0.0912. The van der Waals surface area contributed by atoms with E-state index in [4.69, 9.17) is 0 Å². The Hall–Kier alpha value is -2.50. The van der Waals surface area contributed by atoms with Crippen molar-refractivity contribution >= 4 is 11.7 Å². The van der Waals surface area contributed by atoms with Gasteiger partial charge >= 0.3 is 0 Å². The fourth-order valence-corrected chi connectivity index (χ4v) is 3.02. The Labute approximate surface area is 153 Å². The largest absolute Gasteiger partial charge is 0.356 e. The zero-order valence-corrected chi connectivity index (χ0v) is 15.3. The van der Waals surface area contributed by atoms with Gasteiger partial charge in [0.05, 0.1) is 0 Å². The van der Waals surface area contributed by atoms with Crippen LogP contribution in [0.3, 0.4) is 0 Å². The van der Waals surface area contributed by atoms with Crippen LogP contribution in [0.1, 0.15) is 49.9 Å². The number of hydrogen-bond donors (Lipinski definition) is 1.